The monoisotopic (exact) mass is 270 g/mol. The highest BCUT2D eigenvalue weighted by molar-refractivity contribution is 7.80. The van der Waals surface area contributed by atoms with Crippen molar-refractivity contribution >= 4 is 23.0 Å². The van der Waals surface area contributed by atoms with E-state index < -0.39 is 0 Å². The molecule has 3 N–H and O–H groups in total. The Morgan fingerprint density at radius 2 is 2.05 bits per heavy atom. The van der Waals surface area contributed by atoms with Crippen LogP contribution in [0.1, 0.15) is 23.7 Å². The number of nitrogens with zero attached hydrogens (tertiary/aromatic N) is 2. The quantitative estimate of drug-likeness (QED) is 0.824. The molecule has 1 atom stereocenters. The first-order valence-corrected chi connectivity index (χ1v) is 6.51. The second-order valence-electron chi connectivity index (χ2n) is 4.44. The number of nitrogens with two attached hydrogens (primary N) is 1. The van der Waals surface area contributed by atoms with Gasteiger partial charge in [0.15, 0.2) is 5.11 Å². The van der Waals surface area contributed by atoms with Gasteiger partial charge in [0.25, 0.3) is 0 Å². The number of rotatable bonds is 2. The molecule has 1 unspecified atom stereocenters. The summed E-state index contributed by atoms with van der Waals surface area (Å²) < 4.78 is 0. The molecule has 0 aliphatic carbocycles. The largest absolute Gasteiger partial charge is 0.375 e. The third-order valence-corrected chi connectivity index (χ3v) is 3.42. The minimum Gasteiger partial charge on any atom is -0.375 e. The van der Waals surface area contributed by atoms with Crippen LogP contribution in [0.15, 0.2) is 53.8 Å². The van der Waals surface area contributed by atoms with E-state index in [0.29, 0.717) is 5.11 Å². The van der Waals surface area contributed by atoms with E-state index >= 15 is 0 Å². The Balaban J connectivity index is 1.94. The van der Waals surface area contributed by atoms with E-state index in [9.17, 15) is 0 Å². The topological polar surface area (TPSA) is 57.4 Å². The normalized spacial score (nSPS) is 18.4. The van der Waals surface area contributed by atoms with Crippen molar-refractivity contribution in [1.82, 2.24) is 9.99 Å². The number of hydrazone groups is 1. The zero-order chi connectivity index (χ0) is 13.2. The Morgan fingerprint density at radius 3 is 2.68 bits per heavy atom. The van der Waals surface area contributed by atoms with Gasteiger partial charge in [-0.05, 0) is 29.9 Å². The number of nitrogens with one attached hydrogen (secondary N) is 1. The smallest absolute Gasteiger partial charge is 0.187 e. The van der Waals surface area contributed by atoms with E-state index in [1.807, 2.05) is 36.5 Å². The summed E-state index contributed by atoms with van der Waals surface area (Å²) in [6.07, 6.45) is 2.68. The lowest BCUT2D eigenvalue weighted by Crippen LogP contribution is -2.31. The van der Waals surface area contributed by atoms with Gasteiger partial charge in [-0.1, -0.05) is 30.3 Å². The molecule has 0 fully saturated rings. The van der Waals surface area contributed by atoms with Crippen molar-refractivity contribution in [3.05, 3.63) is 59.9 Å². The third kappa shape index (κ3) is 2.24. The summed E-state index contributed by atoms with van der Waals surface area (Å²) in [5.74, 6) is 0. The fraction of sp³-hybridized carbons (Fsp3) is 0.143. The highest BCUT2D eigenvalue weighted by atomic mass is 32.1. The maximum absolute atomic E-state index is 5.78. The molecule has 0 radical (unpaired) electrons. The van der Waals surface area contributed by atoms with Crippen molar-refractivity contribution < 1.29 is 0 Å². The van der Waals surface area contributed by atoms with Gasteiger partial charge in [-0.3, -0.25) is 0 Å². The summed E-state index contributed by atoms with van der Waals surface area (Å²) in [5.41, 5.74) is 8.94. The summed E-state index contributed by atoms with van der Waals surface area (Å²) in [6, 6.07) is 14.2. The molecule has 1 aromatic heterocycles. The molecular formula is C14H14N4S. The second kappa shape index (κ2) is 4.85. The molecule has 1 aliphatic heterocycles. The van der Waals surface area contributed by atoms with Crippen molar-refractivity contribution in [2.45, 2.75) is 12.5 Å². The number of hydrogen-bond acceptors (Lipinski definition) is 2. The molecule has 0 bridgehead atoms. The maximum atomic E-state index is 5.78. The SMILES string of the molecule is NC(=S)N1N=C(c2ccc[nH]2)CC1c1ccccc1. The third-order valence-electron chi connectivity index (χ3n) is 3.23. The number of hydrogen-bond donors (Lipinski definition) is 2. The summed E-state index contributed by atoms with van der Waals surface area (Å²) in [6.45, 7) is 0. The van der Waals surface area contributed by atoms with Gasteiger partial charge >= 0.3 is 0 Å². The van der Waals surface area contributed by atoms with Crippen LogP contribution in [0.25, 0.3) is 0 Å². The summed E-state index contributed by atoms with van der Waals surface area (Å²) in [7, 11) is 0. The van der Waals surface area contributed by atoms with Gasteiger partial charge in [-0.15, -0.1) is 0 Å². The van der Waals surface area contributed by atoms with Crippen molar-refractivity contribution in [3.63, 3.8) is 0 Å². The number of aromatic amines is 1. The predicted molar refractivity (Wildman–Crippen MR) is 79.8 cm³/mol. The standard InChI is InChI=1S/C14H14N4S/c15-14(19)18-13(10-5-2-1-3-6-10)9-12(17-18)11-7-4-8-16-11/h1-8,13,16H,9H2,(H2,15,19). The van der Waals surface area contributed by atoms with E-state index in [1.165, 1.54) is 5.56 Å². The van der Waals surface area contributed by atoms with Gasteiger partial charge in [0.2, 0.25) is 0 Å². The van der Waals surface area contributed by atoms with Crippen LogP contribution in [0.3, 0.4) is 0 Å². The lowest BCUT2D eigenvalue weighted by Gasteiger charge is -2.21. The summed E-state index contributed by atoms with van der Waals surface area (Å²) >= 11 is 5.10. The van der Waals surface area contributed by atoms with Crippen molar-refractivity contribution in [2.75, 3.05) is 0 Å². The molecule has 1 aliphatic rings. The summed E-state index contributed by atoms with van der Waals surface area (Å²) in [5, 5.41) is 6.56. The van der Waals surface area contributed by atoms with Gasteiger partial charge < -0.3 is 10.7 Å². The second-order valence-corrected chi connectivity index (χ2v) is 4.86. The van der Waals surface area contributed by atoms with Gasteiger partial charge in [-0.2, -0.15) is 5.10 Å². The summed E-state index contributed by atoms with van der Waals surface area (Å²) in [4.78, 5) is 3.17. The lowest BCUT2D eigenvalue weighted by atomic mass is 10.0. The minimum absolute atomic E-state index is 0.0806. The Bertz CT molecular complexity index is 604. The molecule has 4 nitrogen and oxygen atoms in total. The first kappa shape index (κ1) is 11.9. The van der Waals surface area contributed by atoms with Crippen molar-refractivity contribution in [1.29, 1.82) is 0 Å². The highest BCUT2D eigenvalue weighted by Crippen LogP contribution is 2.31. The Morgan fingerprint density at radius 1 is 1.26 bits per heavy atom. The van der Waals surface area contributed by atoms with Crippen LogP contribution in [-0.4, -0.2) is 20.8 Å². The van der Waals surface area contributed by atoms with Gasteiger partial charge in [0.05, 0.1) is 17.4 Å². The van der Waals surface area contributed by atoms with E-state index in [4.69, 9.17) is 18.0 Å². The molecule has 2 heterocycles. The van der Waals surface area contributed by atoms with Crippen LogP contribution >= 0.6 is 12.2 Å². The average molecular weight is 270 g/mol. The van der Waals surface area contributed by atoms with Crippen LogP contribution in [0.2, 0.25) is 0 Å². The first-order valence-electron chi connectivity index (χ1n) is 6.10. The van der Waals surface area contributed by atoms with E-state index in [1.54, 1.807) is 5.01 Å². The van der Waals surface area contributed by atoms with Crippen molar-refractivity contribution in [3.8, 4) is 0 Å². The molecule has 5 heteroatoms. The van der Waals surface area contributed by atoms with Crippen molar-refractivity contribution in [2.24, 2.45) is 10.8 Å². The molecule has 2 aromatic rings. The number of H-pyrrole nitrogens is 1. The Hall–Kier alpha value is -2.14. The fourth-order valence-corrected chi connectivity index (χ4v) is 2.49. The molecule has 0 spiro atoms. The molecular weight excluding hydrogens is 256 g/mol. The molecule has 96 valence electrons. The van der Waals surface area contributed by atoms with Gasteiger partial charge in [0, 0.05) is 12.6 Å². The number of benzene rings is 1. The first-order chi connectivity index (χ1) is 9.25. The van der Waals surface area contributed by atoms with Crippen LogP contribution < -0.4 is 5.73 Å². The fourth-order valence-electron chi connectivity index (χ4n) is 2.32. The van der Waals surface area contributed by atoms with E-state index in [-0.39, 0.29) is 6.04 Å². The van der Waals surface area contributed by atoms with Crippen LogP contribution in [0.4, 0.5) is 0 Å². The Labute approximate surface area is 116 Å². The maximum Gasteiger partial charge on any atom is 0.187 e. The molecule has 19 heavy (non-hydrogen) atoms. The number of aromatic nitrogens is 1. The molecule has 0 saturated heterocycles. The molecule has 0 amide bonds. The number of thiocarbonyl (C=S) groups is 1. The lowest BCUT2D eigenvalue weighted by molar-refractivity contribution is 0.373. The molecule has 3 rings (SSSR count). The zero-order valence-electron chi connectivity index (χ0n) is 10.3. The molecule has 0 saturated carbocycles. The van der Waals surface area contributed by atoms with E-state index in [2.05, 4.69) is 22.2 Å². The van der Waals surface area contributed by atoms with Gasteiger partial charge in [0.1, 0.15) is 0 Å². The highest BCUT2D eigenvalue weighted by Gasteiger charge is 2.30. The van der Waals surface area contributed by atoms with Crippen LogP contribution in [-0.2, 0) is 0 Å². The predicted octanol–water partition coefficient (Wildman–Crippen LogP) is 2.41. The average Bonchev–Trinajstić information content (AvgIpc) is 3.08. The van der Waals surface area contributed by atoms with Gasteiger partial charge in [-0.25, -0.2) is 5.01 Å². The minimum atomic E-state index is 0.0806. The van der Waals surface area contributed by atoms with Crippen LogP contribution in [0, 0.1) is 0 Å². The zero-order valence-corrected chi connectivity index (χ0v) is 11.1. The van der Waals surface area contributed by atoms with E-state index in [0.717, 1.165) is 17.8 Å². The molecule has 1 aromatic carbocycles. The van der Waals surface area contributed by atoms with Crippen LogP contribution in [0.5, 0.6) is 0 Å². The Kier molecular flexibility index (Phi) is 3.05.